The summed E-state index contributed by atoms with van der Waals surface area (Å²) < 4.78 is 12.0. The number of nitrogens with one attached hydrogen (secondary N) is 1. The lowest BCUT2D eigenvalue weighted by atomic mass is 10.0. The highest BCUT2D eigenvalue weighted by Gasteiger charge is 2.26. The Morgan fingerprint density at radius 2 is 1.29 bits per heavy atom. The Labute approximate surface area is 319 Å². The number of fused-ring (bicyclic) bond motifs is 11. The number of rotatable bonds is 4. The monoisotopic (exact) mass is 722 g/mol. The fourth-order valence-electron chi connectivity index (χ4n) is 8.48. The Hall–Kier alpha value is -7.02. The van der Waals surface area contributed by atoms with Gasteiger partial charge in [0.25, 0.3) is 0 Å². The van der Waals surface area contributed by atoms with E-state index in [2.05, 4.69) is 155 Å². The van der Waals surface area contributed by atoms with Crippen molar-refractivity contribution in [1.82, 2.24) is 9.88 Å². The molecule has 0 radical (unpaired) electrons. The Bertz CT molecular complexity index is 3410. The average Bonchev–Trinajstić information content (AvgIpc) is 3.92. The standard InChI is InChI=1S/C49H30N4OS/c1-3-13-29(14-4-1)47-50-48(30-15-5-2-6-16-30)52-49(51-47)33-26-38-37-25-31-17-7-8-18-32(31)28-41(37)54-46(38)40(27-33)53-39-21-11-9-19-34(39)35-23-24-43-44(45(35)53)36-20-10-12-22-42(36)55-43/h1-28,47H,(H,50,51,52). The fourth-order valence-corrected chi connectivity index (χ4v) is 9.59. The second-order valence-corrected chi connectivity index (χ2v) is 15.3. The van der Waals surface area contributed by atoms with Gasteiger partial charge in [-0.25, -0.2) is 9.98 Å². The lowest BCUT2D eigenvalue weighted by molar-refractivity contribution is 0.666. The lowest BCUT2D eigenvalue weighted by Crippen LogP contribution is -2.33. The number of nitrogens with zero attached hydrogens (tertiary/aromatic N) is 3. The van der Waals surface area contributed by atoms with Gasteiger partial charge in [0.1, 0.15) is 17.6 Å². The van der Waals surface area contributed by atoms with E-state index < -0.39 is 0 Å². The Balaban J connectivity index is 1.21. The fraction of sp³-hybridized carbons (Fsp3) is 0.0204. The van der Waals surface area contributed by atoms with Gasteiger partial charge in [-0.05, 0) is 58.8 Å². The van der Waals surface area contributed by atoms with Crippen LogP contribution in [0.25, 0.3) is 80.4 Å². The summed E-state index contributed by atoms with van der Waals surface area (Å²) in [6.45, 7) is 0. The third-order valence-corrected chi connectivity index (χ3v) is 12.1. The number of aliphatic imine (C=N–C) groups is 2. The van der Waals surface area contributed by atoms with Crippen LogP contribution < -0.4 is 5.32 Å². The molecule has 0 amide bonds. The molecule has 0 spiro atoms. The van der Waals surface area contributed by atoms with Gasteiger partial charge in [0.05, 0.1) is 16.7 Å². The minimum atomic E-state index is -0.321. The van der Waals surface area contributed by atoms with E-state index in [1.807, 2.05) is 35.6 Å². The van der Waals surface area contributed by atoms with Gasteiger partial charge in [0, 0.05) is 52.8 Å². The number of aromatic nitrogens is 1. The maximum Gasteiger partial charge on any atom is 0.159 e. The minimum Gasteiger partial charge on any atom is -0.454 e. The van der Waals surface area contributed by atoms with Crippen LogP contribution in [0.5, 0.6) is 0 Å². The van der Waals surface area contributed by atoms with E-state index >= 15 is 0 Å². The molecule has 55 heavy (non-hydrogen) atoms. The summed E-state index contributed by atoms with van der Waals surface area (Å²) in [5.74, 6) is 1.45. The van der Waals surface area contributed by atoms with Crippen molar-refractivity contribution in [2.75, 3.05) is 0 Å². The van der Waals surface area contributed by atoms with Gasteiger partial charge in [0.2, 0.25) is 0 Å². The maximum absolute atomic E-state index is 7.02. The zero-order valence-electron chi connectivity index (χ0n) is 29.4. The highest BCUT2D eigenvalue weighted by Crippen LogP contribution is 2.45. The predicted octanol–water partition coefficient (Wildman–Crippen LogP) is 12.7. The molecule has 0 saturated carbocycles. The number of thiophene rings is 1. The van der Waals surface area contributed by atoms with Crippen molar-refractivity contribution >= 4 is 97.7 Å². The molecule has 4 heterocycles. The average molecular weight is 723 g/mol. The van der Waals surface area contributed by atoms with Crippen LogP contribution in [0.3, 0.4) is 0 Å². The van der Waals surface area contributed by atoms with Crippen molar-refractivity contribution in [3.8, 4) is 5.69 Å². The first-order chi connectivity index (χ1) is 27.2. The summed E-state index contributed by atoms with van der Waals surface area (Å²) in [6, 6.07) is 60.1. The minimum absolute atomic E-state index is 0.321. The molecule has 1 atom stereocenters. The molecule has 1 aliphatic heterocycles. The summed E-state index contributed by atoms with van der Waals surface area (Å²) in [5.41, 5.74) is 7.94. The molecule has 1 aliphatic rings. The molecule has 12 rings (SSSR count). The smallest absolute Gasteiger partial charge is 0.159 e. The van der Waals surface area contributed by atoms with E-state index in [9.17, 15) is 0 Å². The van der Waals surface area contributed by atoms with Crippen LogP contribution >= 0.6 is 11.3 Å². The van der Waals surface area contributed by atoms with E-state index in [-0.39, 0.29) is 6.17 Å². The highest BCUT2D eigenvalue weighted by atomic mass is 32.1. The van der Waals surface area contributed by atoms with Gasteiger partial charge in [-0.1, -0.05) is 127 Å². The van der Waals surface area contributed by atoms with Crippen molar-refractivity contribution < 1.29 is 4.42 Å². The first-order valence-electron chi connectivity index (χ1n) is 18.5. The lowest BCUT2D eigenvalue weighted by Gasteiger charge is -2.24. The van der Waals surface area contributed by atoms with Gasteiger partial charge in [-0.2, -0.15) is 0 Å². The van der Waals surface area contributed by atoms with Gasteiger partial charge in [-0.3, -0.25) is 0 Å². The van der Waals surface area contributed by atoms with Crippen LogP contribution in [-0.4, -0.2) is 16.2 Å². The van der Waals surface area contributed by atoms with Crippen LogP contribution in [0.4, 0.5) is 0 Å². The second kappa shape index (κ2) is 11.7. The van der Waals surface area contributed by atoms with Crippen LogP contribution in [0.2, 0.25) is 0 Å². The van der Waals surface area contributed by atoms with Crippen LogP contribution in [0.1, 0.15) is 22.9 Å². The number of benzene rings is 8. The molecular weight excluding hydrogens is 693 g/mol. The maximum atomic E-state index is 7.02. The molecule has 0 aliphatic carbocycles. The molecule has 5 nitrogen and oxygen atoms in total. The Morgan fingerprint density at radius 1 is 0.564 bits per heavy atom. The number of amidine groups is 2. The molecule has 258 valence electrons. The zero-order valence-corrected chi connectivity index (χ0v) is 30.2. The van der Waals surface area contributed by atoms with Crippen LogP contribution in [0, 0.1) is 0 Å². The van der Waals surface area contributed by atoms with Crippen molar-refractivity contribution in [2.45, 2.75) is 6.17 Å². The molecule has 0 saturated heterocycles. The largest absolute Gasteiger partial charge is 0.454 e. The van der Waals surface area contributed by atoms with E-state index in [0.717, 1.165) is 61.1 Å². The van der Waals surface area contributed by atoms with Gasteiger partial charge >= 0.3 is 0 Å². The third kappa shape index (κ3) is 4.65. The molecule has 0 fully saturated rings. The molecule has 1 N–H and O–H groups in total. The van der Waals surface area contributed by atoms with Crippen molar-refractivity contribution in [3.05, 3.63) is 187 Å². The van der Waals surface area contributed by atoms with Crippen LogP contribution in [0.15, 0.2) is 184 Å². The molecule has 1 unspecified atom stereocenters. The van der Waals surface area contributed by atoms with Gasteiger partial charge < -0.3 is 14.3 Å². The van der Waals surface area contributed by atoms with Crippen molar-refractivity contribution in [2.24, 2.45) is 9.98 Å². The Kier molecular flexibility index (Phi) is 6.50. The Morgan fingerprint density at radius 3 is 2.15 bits per heavy atom. The normalized spacial score (nSPS) is 14.7. The van der Waals surface area contributed by atoms with E-state index in [1.165, 1.54) is 41.8 Å². The number of hydrogen-bond acceptors (Lipinski definition) is 5. The number of hydrogen-bond donors (Lipinski definition) is 1. The molecule has 0 bridgehead atoms. The molecule has 11 aromatic rings. The molecule has 6 heteroatoms. The predicted molar refractivity (Wildman–Crippen MR) is 230 cm³/mol. The second-order valence-electron chi connectivity index (χ2n) is 14.2. The third-order valence-electron chi connectivity index (χ3n) is 11.0. The van der Waals surface area contributed by atoms with Crippen molar-refractivity contribution in [3.63, 3.8) is 0 Å². The molecule has 3 aromatic heterocycles. The van der Waals surface area contributed by atoms with Gasteiger partial charge in [0.15, 0.2) is 11.4 Å². The van der Waals surface area contributed by atoms with E-state index in [4.69, 9.17) is 14.4 Å². The quantitative estimate of drug-likeness (QED) is 0.197. The first-order valence-corrected chi connectivity index (χ1v) is 19.3. The van der Waals surface area contributed by atoms with Crippen molar-refractivity contribution in [1.29, 1.82) is 0 Å². The first kappa shape index (κ1) is 30.4. The summed E-state index contributed by atoms with van der Waals surface area (Å²) in [4.78, 5) is 10.4. The molecule has 8 aromatic carbocycles. The van der Waals surface area contributed by atoms with Gasteiger partial charge in [-0.15, -0.1) is 11.3 Å². The summed E-state index contributed by atoms with van der Waals surface area (Å²) in [7, 11) is 0. The number of para-hydroxylation sites is 1. The zero-order chi connectivity index (χ0) is 36.0. The van der Waals surface area contributed by atoms with E-state index in [0.29, 0.717) is 5.84 Å². The summed E-state index contributed by atoms with van der Waals surface area (Å²) in [6.07, 6.45) is -0.321. The van der Waals surface area contributed by atoms with E-state index in [1.54, 1.807) is 0 Å². The topological polar surface area (TPSA) is 54.8 Å². The van der Waals surface area contributed by atoms with Crippen LogP contribution in [-0.2, 0) is 0 Å². The summed E-state index contributed by atoms with van der Waals surface area (Å²) in [5, 5.41) is 13.1. The molecular formula is C49H30N4OS. The number of furan rings is 1. The highest BCUT2D eigenvalue weighted by molar-refractivity contribution is 7.26. The summed E-state index contributed by atoms with van der Waals surface area (Å²) >= 11 is 1.84. The SMILES string of the molecule is c1ccc(C2=NC(c3ccccc3)NC(c3cc(-n4c5ccccc5c5ccc6sc7ccccc7c6c54)c4oc5cc6ccccc6cc5c4c3)=N2)cc1.